The van der Waals surface area contributed by atoms with E-state index in [-0.39, 0.29) is 12.7 Å². The molecule has 1 aliphatic heterocycles. The topological polar surface area (TPSA) is 56.5 Å². The summed E-state index contributed by atoms with van der Waals surface area (Å²) in [6.45, 7) is 1.75. The summed E-state index contributed by atoms with van der Waals surface area (Å²) in [6, 6.07) is 9.78. The molecule has 0 aliphatic carbocycles. The van der Waals surface area contributed by atoms with Gasteiger partial charge in [-0.2, -0.15) is 5.26 Å². The monoisotopic (exact) mass is 189 g/mol. The highest BCUT2D eigenvalue weighted by molar-refractivity contribution is 5.33. The van der Waals surface area contributed by atoms with Crippen LogP contribution in [0.25, 0.3) is 0 Å². The minimum absolute atomic E-state index is 0.248. The Bertz CT molecular complexity index is 379. The number of nitriles is 1. The van der Waals surface area contributed by atoms with Gasteiger partial charge < -0.3 is 9.84 Å². The van der Waals surface area contributed by atoms with Crippen molar-refractivity contribution in [1.29, 1.82) is 5.26 Å². The van der Waals surface area contributed by atoms with Gasteiger partial charge >= 0.3 is 0 Å². The second-order valence-electron chi connectivity index (χ2n) is 3.57. The molecule has 0 aromatic heterocycles. The van der Waals surface area contributed by atoms with Crippen molar-refractivity contribution < 1.29 is 9.84 Å². The molecule has 1 fully saturated rings. The average Bonchev–Trinajstić information content (AvgIpc) is 2.94. The van der Waals surface area contributed by atoms with Gasteiger partial charge in [0.1, 0.15) is 12.2 Å². The Labute approximate surface area is 82.6 Å². The van der Waals surface area contributed by atoms with Gasteiger partial charge in [0.05, 0.1) is 6.61 Å². The van der Waals surface area contributed by atoms with E-state index in [1.165, 1.54) is 5.56 Å². The highest BCUT2D eigenvalue weighted by Gasteiger charge is 2.57. The summed E-state index contributed by atoms with van der Waals surface area (Å²) in [7, 11) is 0. The molecule has 3 heteroatoms. The number of ether oxygens (including phenoxy) is 1. The quantitative estimate of drug-likeness (QED) is 0.714. The molecule has 72 valence electrons. The van der Waals surface area contributed by atoms with Gasteiger partial charge in [0, 0.05) is 0 Å². The van der Waals surface area contributed by atoms with Gasteiger partial charge in [0.25, 0.3) is 0 Å². The summed E-state index contributed by atoms with van der Waals surface area (Å²) in [4.78, 5) is 0. The third-order valence-electron chi connectivity index (χ3n) is 2.50. The number of hydrogen-bond donors (Lipinski definition) is 1. The number of hydrogen-bond acceptors (Lipinski definition) is 3. The van der Waals surface area contributed by atoms with Crippen molar-refractivity contribution in [2.45, 2.75) is 18.6 Å². The first-order chi connectivity index (χ1) is 6.72. The van der Waals surface area contributed by atoms with Crippen LogP contribution in [0.15, 0.2) is 24.3 Å². The summed E-state index contributed by atoms with van der Waals surface area (Å²) in [6.07, 6.45) is -0.266. The van der Waals surface area contributed by atoms with Crippen LogP contribution in [0.3, 0.4) is 0 Å². The van der Waals surface area contributed by atoms with Crippen LogP contribution in [0.1, 0.15) is 17.2 Å². The molecule has 1 aromatic rings. The molecule has 2 unspecified atom stereocenters. The first-order valence-electron chi connectivity index (χ1n) is 4.48. The lowest BCUT2D eigenvalue weighted by Gasteiger charge is -1.99. The molecule has 1 heterocycles. The fourth-order valence-electron chi connectivity index (χ4n) is 1.50. The number of aryl methyl sites for hydroxylation is 1. The zero-order valence-electron chi connectivity index (χ0n) is 7.90. The van der Waals surface area contributed by atoms with E-state index in [2.05, 4.69) is 0 Å². The summed E-state index contributed by atoms with van der Waals surface area (Å²) in [5.74, 6) is 0. The molecule has 0 spiro atoms. The van der Waals surface area contributed by atoms with Gasteiger partial charge in [-0.05, 0) is 12.5 Å². The first-order valence-corrected chi connectivity index (χ1v) is 4.48. The van der Waals surface area contributed by atoms with E-state index in [9.17, 15) is 0 Å². The molecule has 0 saturated carbocycles. The molecule has 2 rings (SSSR count). The molecular formula is C11H11NO2. The zero-order valence-corrected chi connectivity index (χ0v) is 7.90. The third-order valence-corrected chi connectivity index (χ3v) is 2.50. The van der Waals surface area contributed by atoms with Gasteiger partial charge in [-0.25, -0.2) is 0 Å². The van der Waals surface area contributed by atoms with E-state index < -0.39 is 5.60 Å². The Morgan fingerprint density at radius 1 is 1.50 bits per heavy atom. The van der Waals surface area contributed by atoms with Crippen molar-refractivity contribution in [1.82, 2.24) is 0 Å². The Hall–Kier alpha value is -1.37. The first kappa shape index (κ1) is 9.20. The van der Waals surface area contributed by atoms with Crippen molar-refractivity contribution in [3.8, 4) is 6.07 Å². The van der Waals surface area contributed by atoms with Crippen LogP contribution >= 0.6 is 0 Å². The van der Waals surface area contributed by atoms with Crippen LogP contribution < -0.4 is 0 Å². The number of epoxide rings is 1. The van der Waals surface area contributed by atoms with Crippen LogP contribution in [0, 0.1) is 18.3 Å². The Morgan fingerprint density at radius 3 is 2.57 bits per heavy atom. The molecule has 2 atom stereocenters. The molecule has 0 amide bonds. The normalized spacial score (nSPS) is 29.6. The number of nitrogens with zero attached hydrogens (tertiary/aromatic N) is 1. The lowest BCUT2D eigenvalue weighted by atomic mass is 10.0. The van der Waals surface area contributed by atoms with E-state index >= 15 is 0 Å². The summed E-state index contributed by atoms with van der Waals surface area (Å²) < 4.78 is 5.22. The highest BCUT2D eigenvalue weighted by atomic mass is 16.6. The predicted molar refractivity (Wildman–Crippen MR) is 50.4 cm³/mol. The van der Waals surface area contributed by atoms with Crippen molar-refractivity contribution in [2.75, 3.05) is 6.61 Å². The van der Waals surface area contributed by atoms with Crippen molar-refractivity contribution in [3.63, 3.8) is 0 Å². The SMILES string of the molecule is Cc1ccc(C2OC2(C#N)CO)cc1. The fraction of sp³-hybridized carbons (Fsp3) is 0.364. The predicted octanol–water partition coefficient (Wildman–Crippen LogP) is 1.32. The van der Waals surface area contributed by atoms with E-state index in [1.807, 2.05) is 37.3 Å². The van der Waals surface area contributed by atoms with Crippen LogP contribution in [0.4, 0.5) is 0 Å². The fourth-order valence-corrected chi connectivity index (χ4v) is 1.50. The maximum absolute atomic E-state index is 9.00. The lowest BCUT2D eigenvalue weighted by molar-refractivity contribution is 0.206. The van der Waals surface area contributed by atoms with Crippen molar-refractivity contribution in [3.05, 3.63) is 35.4 Å². The standard InChI is InChI=1S/C11H11NO2/c1-8-2-4-9(5-3-8)10-11(6-12,7-13)14-10/h2-5,10,13H,7H2,1H3. The van der Waals surface area contributed by atoms with E-state index in [0.29, 0.717) is 0 Å². The summed E-state index contributed by atoms with van der Waals surface area (Å²) in [5.41, 5.74) is 1.13. The van der Waals surface area contributed by atoms with Crippen molar-refractivity contribution >= 4 is 0 Å². The van der Waals surface area contributed by atoms with E-state index in [0.717, 1.165) is 5.56 Å². The van der Waals surface area contributed by atoms with Crippen LogP contribution in [-0.2, 0) is 4.74 Å². The van der Waals surface area contributed by atoms with Gasteiger partial charge in [-0.3, -0.25) is 0 Å². The van der Waals surface area contributed by atoms with Crippen molar-refractivity contribution in [2.24, 2.45) is 0 Å². The molecule has 3 nitrogen and oxygen atoms in total. The van der Waals surface area contributed by atoms with Crippen LogP contribution in [0.2, 0.25) is 0 Å². The van der Waals surface area contributed by atoms with E-state index in [1.54, 1.807) is 0 Å². The average molecular weight is 189 g/mol. The Morgan fingerprint density at radius 2 is 2.14 bits per heavy atom. The second-order valence-corrected chi connectivity index (χ2v) is 3.57. The second kappa shape index (κ2) is 3.09. The number of benzene rings is 1. The highest BCUT2D eigenvalue weighted by Crippen LogP contribution is 2.48. The minimum atomic E-state index is -0.991. The Balaban J connectivity index is 2.21. The molecule has 1 aromatic carbocycles. The summed E-state index contributed by atoms with van der Waals surface area (Å²) in [5, 5.41) is 17.8. The summed E-state index contributed by atoms with van der Waals surface area (Å²) >= 11 is 0. The largest absolute Gasteiger partial charge is 0.392 e. The van der Waals surface area contributed by atoms with Gasteiger partial charge in [0.2, 0.25) is 5.60 Å². The minimum Gasteiger partial charge on any atom is -0.392 e. The molecule has 14 heavy (non-hydrogen) atoms. The maximum atomic E-state index is 9.00. The van der Waals surface area contributed by atoms with E-state index in [4.69, 9.17) is 15.1 Å². The molecule has 0 bridgehead atoms. The third kappa shape index (κ3) is 1.29. The number of aliphatic hydroxyl groups is 1. The number of aliphatic hydroxyl groups excluding tert-OH is 1. The van der Waals surface area contributed by atoms with Gasteiger partial charge in [-0.15, -0.1) is 0 Å². The van der Waals surface area contributed by atoms with Gasteiger partial charge in [-0.1, -0.05) is 29.8 Å². The molecular weight excluding hydrogens is 178 g/mol. The molecule has 1 aliphatic rings. The van der Waals surface area contributed by atoms with Crippen LogP contribution in [0.5, 0.6) is 0 Å². The smallest absolute Gasteiger partial charge is 0.208 e. The number of rotatable bonds is 2. The Kier molecular flexibility index (Phi) is 2.03. The molecule has 0 radical (unpaired) electrons. The molecule has 1 saturated heterocycles. The van der Waals surface area contributed by atoms with Gasteiger partial charge in [0.15, 0.2) is 0 Å². The molecule has 1 N–H and O–H groups in total. The maximum Gasteiger partial charge on any atom is 0.208 e. The lowest BCUT2D eigenvalue weighted by Crippen LogP contribution is -2.14. The van der Waals surface area contributed by atoms with Crippen LogP contribution in [-0.4, -0.2) is 17.3 Å². The zero-order chi connectivity index (χ0) is 10.2.